The molecule has 0 aliphatic rings. The standard InChI is InChI=1S/C10H14N2O2/c1-9(13)14-8-7-12(11)10-5-3-2-4-6-10/h2-6H,7-8,11H2,1H3. The molecule has 0 bridgehead atoms. The molecule has 1 aromatic rings. The third-order valence-electron chi connectivity index (χ3n) is 1.73. The highest BCUT2D eigenvalue weighted by Gasteiger charge is 2.00. The van der Waals surface area contributed by atoms with Gasteiger partial charge in [0.1, 0.15) is 6.61 Å². The van der Waals surface area contributed by atoms with Gasteiger partial charge in [0.15, 0.2) is 0 Å². The van der Waals surface area contributed by atoms with Crippen molar-refractivity contribution in [2.45, 2.75) is 6.92 Å². The van der Waals surface area contributed by atoms with E-state index in [1.165, 1.54) is 6.92 Å². The van der Waals surface area contributed by atoms with E-state index in [0.717, 1.165) is 5.69 Å². The Morgan fingerprint density at radius 2 is 2.07 bits per heavy atom. The molecule has 76 valence electrons. The molecule has 1 aromatic carbocycles. The van der Waals surface area contributed by atoms with Gasteiger partial charge in [-0.1, -0.05) is 18.2 Å². The minimum Gasteiger partial charge on any atom is -0.464 e. The number of esters is 1. The van der Waals surface area contributed by atoms with E-state index in [0.29, 0.717) is 13.2 Å². The van der Waals surface area contributed by atoms with Gasteiger partial charge in [0.05, 0.1) is 12.2 Å². The SMILES string of the molecule is CC(=O)OCCN(N)c1ccccc1. The van der Waals surface area contributed by atoms with Gasteiger partial charge in [0.2, 0.25) is 0 Å². The van der Waals surface area contributed by atoms with Crippen LogP contribution in [0.2, 0.25) is 0 Å². The summed E-state index contributed by atoms with van der Waals surface area (Å²) in [6, 6.07) is 9.52. The first kappa shape index (κ1) is 10.5. The number of rotatable bonds is 4. The Hall–Kier alpha value is -1.55. The maximum Gasteiger partial charge on any atom is 0.302 e. The molecule has 0 aliphatic heterocycles. The second-order valence-corrected chi connectivity index (χ2v) is 2.87. The number of hydrogen-bond donors (Lipinski definition) is 1. The normalized spacial score (nSPS) is 9.57. The average molecular weight is 194 g/mol. The molecule has 0 heterocycles. The van der Waals surface area contributed by atoms with Crippen molar-refractivity contribution in [3.63, 3.8) is 0 Å². The van der Waals surface area contributed by atoms with Crippen LogP contribution in [-0.4, -0.2) is 19.1 Å². The zero-order valence-corrected chi connectivity index (χ0v) is 8.14. The van der Waals surface area contributed by atoms with Crippen molar-refractivity contribution >= 4 is 11.7 Å². The van der Waals surface area contributed by atoms with E-state index in [9.17, 15) is 4.79 Å². The van der Waals surface area contributed by atoms with E-state index < -0.39 is 0 Å². The van der Waals surface area contributed by atoms with Crippen molar-refractivity contribution in [1.82, 2.24) is 0 Å². The van der Waals surface area contributed by atoms with Crippen LogP contribution in [0.15, 0.2) is 30.3 Å². The van der Waals surface area contributed by atoms with Gasteiger partial charge in [-0.05, 0) is 12.1 Å². The van der Waals surface area contributed by atoms with Crippen LogP contribution in [0.25, 0.3) is 0 Å². The largest absolute Gasteiger partial charge is 0.464 e. The molecule has 0 atom stereocenters. The lowest BCUT2D eigenvalue weighted by Crippen LogP contribution is -2.34. The number of benzene rings is 1. The van der Waals surface area contributed by atoms with Crippen LogP contribution in [0.5, 0.6) is 0 Å². The maximum atomic E-state index is 10.5. The van der Waals surface area contributed by atoms with Gasteiger partial charge >= 0.3 is 5.97 Å². The zero-order valence-electron chi connectivity index (χ0n) is 8.14. The number of carbonyl (C=O) groups is 1. The van der Waals surface area contributed by atoms with Crippen LogP contribution < -0.4 is 10.9 Å². The number of carbonyl (C=O) groups excluding carboxylic acids is 1. The van der Waals surface area contributed by atoms with Crippen LogP contribution in [-0.2, 0) is 9.53 Å². The Balaban J connectivity index is 2.36. The van der Waals surface area contributed by atoms with Gasteiger partial charge in [-0.25, -0.2) is 5.84 Å². The van der Waals surface area contributed by atoms with Gasteiger partial charge in [-0.2, -0.15) is 0 Å². The van der Waals surface area contributed by atoms with Crippen molar-refractivity contribution in [2.75, 3.05) is 18.2 Å². The van der Waals surface area contributed by atoms with Crippen LogP contribution >= 0.6 is 0 Å². The van der Waals surface area contributed by atoms with Crippen molar-refractivity contribution in [2.24, 2.45) is 5.84 Å². The molecule has 0 saturated carbocycles. The molecule has 0 fully saturated rings. The minimum absolute atomic E-state index is 0.286. The van der Waals surface area contributed by atoms with Crippen LogP contribution in [0.4, 0.5) is 5.69 Å². The summed E-state index contributed by atoms with van der Waals surface area (Å²) in [5.74, 6) is 5.44. The second kappa shape index (κ2) is 5.24. The highest BCUT2D eigenvalue weighted by atomic mass is 16.5. The van der Waals surface area contributed by atoms with Crippen molar-refractivity contribution in [3.05, 3.63) is 30.3 Å². The number of nitrogens with two attached hydrogens (primary N) is 1. The quantitative estimate of drug-likeness (QED) is 0.440. The summed E-state index contributed by atoms with van der Waals surface area (Å²) in [5.41, 5.74) is 0.902. The summed E-state index contributed by atoms with van der Waals surface area (Å²) in [6.45, 7) is 2.17. The smallest absolute Gasteiger partial charge is 0.302 e. The minimum atomic E-state index is -0.286. The van der Waals surface area contributed by atoms with E-state index >= 15 is 0 Å². The lowest BCUT2D eigenvalue weighted by Gasteiger charge is -2.17. The topological polar surface area (TPSA) is 55.6 Å². The van der Waals surface area contributed by atoms with Crippen LogP contribution in [0.1, 0.15) is 6.92 Å². The van der Waals surface area contributed by atoms with Gasteiger partial charge < -0.3 is 9.75 Å². The Labute approximate surface area is 83.2 Å². The lowest BCUT2D eigenvalue weighted by atomic mass is 10.3. The molecule has 0 aliphatic carbocycles. The summed E-state index contributed by atoms with van der Waals surface area (Å²) in [5, 5.41) is 1.54. The predicted molar refractivity (Wildman–Crippen MR) is 54.6 cm³/mol. The number of para-hydroxylation sites is 1. The maximum absolute atomic E-state index is 10.5. The molecule has 4 heteroatoms. The molecule has 0 unspecified atom stereocenters. The Bertz CT molecular complexity index is 287. The Morgan fingerprint density at radius 3 is 2.64 bits per heavy atom. The van der Waals surface area contributed by atoms with Crippen LogP contribution in [0, 0.1) is 0 Å². The fourth-order valence-electron chi connectivity index (χ4n) is 1.04. The monoisotopic (exact) mass is 194 g/mol. The molecule has 1 rings (SSSR count). The Kier molecular flexibility index (Phi) is 3.94. The number of hydrazine groups is 1. The van der Waals surface area contributed by atoms with Gasteiger partial charge in [0.25, 0.3) is 0 Å². The molecule has 14 heavy (non-hydrogen) atoms. The summed E-state index contributed by atoms with van der Waals surface area (Å²) < 4.78 is 4.77. The average Bonchev–Trinajstić information content (AvgIpc) is 2.18. The highest BCUT2D eigenvalue weighted by molar-refractivity contribution is 5.65. The number of hydrogen-bond acceptors (Lipinski definition) is 4. The third kappa shape index (κ3) is 3.45. The highest BCUT2D eigenvalue weighted by Crippen LogP contribution is 2.08. The van der Waals surface area contributed by atoms with Crippen molar-refractivity contribution < 1.29 is 9.53 Å². The fraction of sp³-hybridized carbons (Fsp3) is 0.300. The molecule has 0 saturated heterocycles. The summed E-state index contributed by atoms with van der Waals surface area (Å²) >= 11 is 0. The molecule has 2 N–H and O–H groups in total. The molecular weight excluding hydrogens is 180 g/mol. The third-order valence-corrected chi connectivity index (χ3v) is 1.73. The molecular formula is C10H14N2O2. The van der Waals surface area contributed by atoms with E-state index in [1.807, 2.05) is 30.3 Å². The summed E-state index contributed by atoms with van der Waals surface area (Å²) in [6.07, 6.45) is 0. The second-order valence-electron chi connectivity index (χ2n) is 2.87. The van der Waals surface area contributed by atoms with Crippen molar-refractivity contribution in [1.29, 1.82) is 0 Å². The van der Waals surface area contributed by atoms with Gasteiger partial charge in [-0.15, -0.1) is 0 Å². The first-order valence-corrected chi connectivity index (χ1v) is 4.41. The van der Waals surface area contributed by atoms with E-state index in [2.05, 4.69) is 0 Å². The number of nitrogens with zero attached hydrogens (tertiary/aromatic N) is 1. The molecule has 0 amide bonds. The van der Waals surface area contributed by atoms with E-state index in [-0.39, 0.29) is 5.97 Å². The summed E-state index contributed by atoms with van der Waals surface area (Å²) in [7, 11) is 0. The molecule has 4 nitrogen and oxygen atoms in total. The first-order chi connectivity index (χ1) is 6.70. The zero-order chi connectivity index (χ0) is 10.4. The molecule has 0 spiro atoms. The van der Waals surface area contributed by atoms with Crippen molar-refractivity contribution in [3.8, 4) is 0 Å². The summed E-state index contributed by atoms with van der Waals surface area (Å²) in [4.78, 5) is 10.5. The lowest BCUT2D eigenvalue weighted by molar-refractivity contribution is -0.140. The predicted octanol–water partition coefficient (Wildman–Crippen LogP) is 0.930. The Morgan fingerprint density at radius 1 is 1.43 bits per heavy atom. The number of ether oxygens (including phenoxy) is 1. The molecule has 0 aromatic heterocycles. The molecule has 0 radical (unpaired) electrons. The number of anilines is 1. The van der Waals surface area contributed by atoms with Crippen LogP contribution in [0.3, 0.4) is 0 Å². The van der Waals surface area contributed by atoms with E-state index in [4.69, 9.17) is 10.6 Å². The first-order valence-electron chi connectivity index (χ1n) is 4.41. The fourth-order valence-corrected chi connectivity index (χ4v) is 1.04. The van der Waals surface area contributed by atoms with Gasteiger partial charge in [-0.3, -0.25) is 4.79 Å². The van der Waals surface area contributed by atoms with Gasteiger partial charge in [0, 0.05) is 6.92 Å². The van der Waals surface area contributed by atoms with E-state index in [1.54, 1.807) is 5.01 Å².